The Morgan fingerprint density at radius 3 is 2.38 bits per heavy atom. The minimum Gasteiger partial charge on any atom is -0.497 e. The van der Waals surface area contributed by atoms with Gasteiger partial charge in [0.05, 0.1) is 14.2 Å². The van der Waals surface area contributed by atoms with Crippen LogP contribution in [-0.4, -0.2) is 45.4 Å². The predicted octanol–water partition coefficient (Wildman–Crippen LogP) is 2.68. The minimum absolute atomic E-state index is 0.182. The number of anilines is 1. The molecule has 2 aromatic rings. The van der Waals surface area contributed by atoms with E-state index in [0.717, 1.165) is 6.07 Å². The zero-order valence-electron chi connectivity index (χ0n) is 13.4. The number of fused-ring (bicyclic) bond motifs is 1. The topological polar surface area (TPSA) is 46.6 Å². The molecule has 0 amide bonds. The van der Waals surface area contributed by atoms with Crippen LogP contribution >= 0.6 is 0 Å². The minimum atomic E-state index is -4.53. The fourth-order valence-corrected chi connectivity index (χ4v) is 2.84. The highest BCUT2D eigenvalue weighted by Crippen LogP contribution is 2.39. The molecule has 2 heterocycles. The molecule has 8 heteroatoms. The van der Waals surface area contributed by atoms with Crippen LogP contribution < -0.4 is 19.7 Å². The van der Waals surface area contributed by atoms with Gasteiger partial charge in [0.15, 0.2) is 0 Å². The van der Waals surface area contributed by atoms with Gasteiger partial charge in [-0.15, -0.1) is 0 Å². The molecular formula is C16H18F3N3O2. The van der Waals surface area contributed by atoms with Crippen LogP contribution in [0.25, 0.3) is 10.9 Å². The molecule has 1 fully saturated rings. The standard InChI is InChI=1S/C16H18F3N3O2/c1-23-10-7-11-12(22-5-3-20-4-6-22)9-14(16(17,18)19)21-15(11)13(8-10)24-2/h7-9,20H,3-6H2,1-2H3. The highest BCUT2D eigenvalue weighted by Gasteiger charge is 2.34. The number of ether oxygens (including phenoxy) is 2. The maximum atomic E-state index is 13.3. The van der Waals surface area contributed by atoms with Gasteiger partial charge in [-0.3, -0.25) is 0 Å². The zero-order chi connectivity index (χ0) is 17.3. The predicted molar refractivity (Wildman–Crippen MR) is 84.9 cm³/mol. The van der Waals surface area contributed by atoms with Crippen molar-refractivity contribution < 1.29 is 22.6 Å². The van der Waals surface area contributed by atoms with Crippen LogP contribution in [0.2, 0.25) is 0 Å². The van der Waals surface area contributed by atoms with Crippen molar-refractivity contribution in [2.24, 2.45) is 0 Å². The van der Waals surface area contributed by atoms with Gasteiger partial charge in [-0.1, -0.05) is 0 Å². The van der Waals surface area contributed by atoms with E-state index in [2.05, 4.69) is 10.3 Å². The summed E-state index contributed by atoms with van der Waals surface area (Å²) in [6, 6.07) is 4.34. The second-order valence-electron chi connectivity index (χ2n) is 5.49. The molecule has 0 bridgehead atoms. The van der Waals surface area contributed by atoms with E-state index in [0.29, 0.717) is 43.0 Å². The summed E-state index contributed by atoms with van der Waals surface area (Å²) in [7, 11) is 2.91. The summed E-state index contributed by atoms with van der Waals surface area (Å²) in [5.74, 6) is 0.768. The number of rotatable bonds is 3. The van der Waals surface area contributed by atoms with E-state index in [1.54, 1.807) is 6.07 Å². The van der Waals surface area contributed by atoms with E-state index in [1.165, 1.54) is 20.3 Å². The number of nitrogens with one attached hydrogen (secondary N) is 1. The molecule has 0 radical (unpaired) electrons. The molecule has 24 heavy (non-hydrogen) atoms. The first-order valence-electron chi connectivity index (χ1n) is 7.53. The molecule has 1 aliphatic heterocycles. The van der Waals surface area contributed by atoms with Crippen molar-refractivity contribution in [2.75, 3.05) is 45.3 Å². The molecule has 1 saturated heterocycles. The number of alkyl halides is 3. The third kappa shape index (κ3) is 3.06. The average Bonchev–Trinajstić information content (AvgIpc) is 2.59. The molecule has 5 nitrogen and oxygen atoms in total. The highest BCUT2D eigenvalue weighted by molar-refractivity contribution is 5.97. The quantitative estimate of drug-likeness (QED) is 0.930. The molecule has 0 aliphatic carbocycles. The Labute approximate surface area is 137 Å². The Hall–Kier alpha value is -2.22. The number of benzene rings is 1. The van der Waals surface area contributed by atoms with Crippen LogP contribution in [0.3, 0.4) is 0 Å². The van der Waals surface area contributed by atoms with Gasteiger partial charge in [0.25, 0.3) is 0 Å². The number of hydrogen-bond donors (Lipinski definition) is 1. The molecule has 1 N–H and O–H groups in total. The average molecular weight is 341 g/mol. The fraction of sp³-hybridized carbons (Fsp3) is 0.438. The second kappa shape index (κ2) is 6.35. The van der Waals surface area contributed by atoms with E-state index in [-0.39, 0.29) is 11.3 Å². The summed E-state index contributed by atoms with van der Waals surface area (Å²) in [6.07, 6.45) is -4.53. The molecule has 0 atom stereocenters. The van der Waals surface area contributed by atoms with E-state index in [1.807, 2.05) is 4.90 Å². The first-order valence-corrected chi connectivity index (χ1v) is 7.53. The number of hydrogen-bond acceptors (Lipinski definition) is 5. The van der Waals surface area contributed by atoms with Gasteiger partial charge in [-0.05, 0) is 12.1 Å². The van der Waals surface area contributed by atoms with Gasteiger partial charge in [0.1, 0.15) is 22.7 Å². The smallest absolute Gasteiger partial charge is 0.433 e. The van der Waals surface area contributed by atoms with E-state index >= 15 is 0 Å². The molecule has 0 saturated carbocycles. The number of methoxy groups -OCH3 is 2. The number of pyridine rings is 1. The SMILES string of the molecule is COc1cc(OC)c2nc(C(F)(F)F)cc(N3CCNCC3)c2c1. The Bertz CT molecular complexity index is 743. The van der Waals surface area contributed by atoms with Crippen LogP contribution in [-0.2, 0) is 6.18 Å². The summed E-state index contributed by atoms with van der Waals surface area (Å²) in [4.78, 5) is 5.73. The van der Waals surface area contributed by atoms with Crippen molar-refractivity contribution in [2.45, 2.75) is 6.18 Å². The lowest BCUT2D eigenvalue weighted by Crippen LogP contribution is -2.43. The third-order valence-corrected chi connectivity index (χ3v) is 4.03. The van der Waals surface area contributed by atoms with Crippen molar-refractivity contribution in [3.8, 4) is 11.5 Å². The van der Waals surface area contributed by atoms with E-state index in [9.17, 15) is 13.2 Å². The summed E-state index contributed by atoms with van der Waals surface area (Å²) in [5.41, 5.74) is -0.250. The molecule has 3 rings (SSSR count). The molecule has 0 spiro atoms. The van der Waals surface area contributed by atoms with E-state index < -0.39 is 11.9 Å². The Balaban J connectivity index is 2.28. The van der Waals surface area contributed by atoms with Crippen molar-refractivity contribution in [3.63, 3.8) is 0 Å². The van der Waals surface area contributed by atoms with Crippen molar-refractivity contribution in [3.05, 3.63) is 23.9 Å². The van der Waals surface area contributed by atoms with Gasteiger partial charge >= 0.3 is 6.18 Å². The lowest BCUT2D eigenvalue weighted by Gasteiger charge is -2.31. The highest BCUT2D eigenvalue weighted by atomic mass is 19.4. The van der Waals surface area contributed by atoms with E-state index in [4.69, 9.17) is 9.47 Å². The third-order valence-electron chi connectivity index (χ3n) is 4.03. The van der Waals surface area contributed by atoms with Crippen LogP contribution in [0, 0.1) is 0 Å². The van der Waals surface area contributed by atoms with Crippen LogP contribution in [0.1, 0.15) is 5.69 Å². The first-order chi connectivity index (χ1) is 11.4. The number of nitrogens with zero attached hydrogens (tertiary/aromatic N) is 2. The molecule has 0 unspecified atom stereocenters. The maximum absolute atomic E-state index is 13.3. The molecule has 1 aromatic carbocycles. The largest absolute Gasteiger partial charge is 0.497 e. The van der Waals surface area contributed by atoms with Crippen molar-refractivity contribution in [1.82, 2.24) is 10.3 Å². The van der Waals surface area contributed by atoms with Crippen LogP contribution in [0.4, 0.5) is 18.9 Å². The number of aromatic nitrogens is 1. The number of halogens is 3. The molecule has 1 aromatic heterocycles. The Morgan fingerprint density at radius 2 is 1.79 bits per heavy atom. The summed E-state index contributed by atoms with van der Waals surface area (Å²) in [5, 5.41) is 3.78. The maximum Gasteiger partial charge on any atom is 0.433 e. The van der Waals surface area contributed by atoms with Gasteiger partial charge in [0, 0.05) is 43.3 Å². The van der Waals surface area contributed by atoms with Crippen molar-refractivity contribution >= 4 is 16.6 Å². The monoisotopic (exact) mass is 341 g/mol. The van der Waals surface area contributed by atoms with Gasteiger partial charge < -0.3 is 19.7 Å². The molecule has 1 aliphatic rings. The summed E-state index contributed by atoms with van der Waals surface area (Å²) >= 11 is 0. The molecular weight excluding hydrogens is 323 g/mol. The first kappa shape index (κ1) is 16.6. The number of piperazine rings is 1. The zero-order valence-corrected chi connectivity index (χ0v) is 13.4. The second-order valence-corrected chi connectivity index (χ2v) is 5.49. The lowest BCUT2D eigenvalue weighted by molar-refractivity contribution is -0.140. The fourth-order valence-electron chi connectivity index (χ4n) is 2.84. The van der Waals surface area contributed by atoms with Gasteiger partial charge in [-0.25, -0.2) is 4.98 Å². The summed E-state index contributed by atoms with van der Waals surface area (Å²) in [6.45, 7) is 2.67. The van der Waals surface area contributed by atoms with Gasteiger partial charge in [-0.2, -0.15) is 13.2 Å². The van der Waals surface area contributed by atoms with Crippen LogP contribution in [0.15, 0.2) is 18.2 Å². The normalized spacial score (nSPS) is 15.6. The lowest BCUT2D eigenvalue weighted by atomic mass is 10.1. The van der Waals surface area contributed by atoms with Crippen molar-refractivity contribution in [1.29, 1.82) is 0 Å². The van der Waals surface area contributed by atoms with Gasteiger partial charge in [0.2, 0.25) is 0 Å². The van der Waals surface area contributed by atoms with Crippen LogP contribution in [0.5, 0.6) is 11.5 Å². The Kier molecular flexibility index (Phi) is 4.40. The molecule has 130 valence electrons. The summed E-state index contributed by atoms with van der Waals surface area (Å²) < 4.78 is 50.3. The Morgan fingerprint density at radius 1 is 1.08 bits per heavy atom.